The van der Waals surface area contributed by atoms with E-state index in [0.717, 1.165) is 25.2 Å². The van der Waals surface area contributed by atoms with Crippen molar-refractivity contribution in [3.05, 3.63) is 0 Å². The van der Waals surface area contributed by atoms with Gasteiger partial charge in [-0.1, -0.05) is 46.0 Å². The Morgan fingerprint density at radius 1 is 1.00 bits per heavy atom. The van der Waals surface area contributed by atoms with Crippen molar-refractivity contribution in [1.29, 1.82) is 5.26 Å². The van der Waals surface area contributed by atoms with E-state index in [0.29, 0.717) is 19.1 Å². The Kier molecular flexibility index (Phi) is 7.18. The predicted octanol–water partition coefficient (Wildman–Crippen LogP) is 5.06. The third-order valence-corrected chi connectivity index (χ3v) is 5.54. The fourth-order valence-electron chi connectivity index (χ4n) is 3.87. The van der Waals surface area contributed by atoms with Gasteiger partial charge in [0.05, 0.1) is 19.3 Å². The third-order valence-electron chi connectivity index (χ3n) is 5.54. The highest BCUT2D eigenvalue weighted by molar-refractivity contribution is 5.00. The smallest absolute Gasteiger partial charge is 0.160 e. The minimum Gasteiger partial charge on any atom is -0.351 e. The van der Waals surface area contributed by atoms with Crippen LogP contribution in [-0.2, 0) is 9.47 Å². The van der Waals surface area contributed by atoms with Crippen molar-refractivity contribution in [1.82, 2.24) is 0 Å². The second-order valence-electron chi connectivity index (χ2n) is 7.41. The maximum absolute atomic E-state index is 9.47. The van der Waals surface area contributed by atoms with Gasteiger partial charge in [-0.2, -0.15) is 5.26 Å². The quantitative estimate of drug-likeness (QED) is 0.660. The van der Waals surface area contributed by atoms with Gasteiger partial charge in [0, 0.05) is 5.92 Å². The molecule has 2 rings (SSSR count). The lowest BCUT2D eigenvalue weighted by atomic mass is 9.79. The molecule has 126 valence electrons. The summed E-state index contributed by atoms with van der Waals surface area (Å²) < 4.78 is 12.0. The van der Waals surface area contributed by atoms with Gasteiger partial charge in [0.15, 0.2) is 6.29 Å². The lowest BCUT2D eigenvalue weighted by molar-refractivity contribution is -0.244. The van der Waals surface area contributed by atoms with Crippen LogP contribution >= 0.6 is 0 Å². The van der Waals surface area contributed by atoms with Crippen LogP contribution < -0.4 is 0 Å². The van der Waals surface area contributed by atoms with Gasteiger partial charge in [0.25, 0.3) is 0 Å². The van der Waals surface area contributed by atoms with E-state index in [9.17, 15) is 5.26 Å². The largest absolute Gasteiger partial charge is 0.351 e. The Labute approximate surface area is 136 Å². The van der Waals surface area contributed by atoms with Gasteiger partial charge >= 0.3 is 0 Å². The molecule has 0 aromatic heterocycles. The molecule has 1 saturated heterocycles. The van der Waals surface area contributed by atoms with E-state index in [2.05, 4.69) is 19.9 Å². The topological polar surface area (TPSA) is 42.2 Å². The summed E-state index contributed by atoms with van der Waals surface area (Å²) in [5.41, 5.74) is -0.398. The lowest BCUT2D eigenvalue weighted by Gasteiger charge is -2.40. The summed E-state index contributed by atoms with van der Waals surface area (Å²) >= 11 is 0. The molecule has 0 bridgehead atoms. The van der Waals surface area contributed by atoms with Crippen LogP contribution in [-0.4, -0.2) is 19.5 Å². The Morgan fingerprint density at radius 2 is 1.64 bits per heavy atom. The zero-order chi connectivity index (χ0) is 15.8. The van der Waals surface area contributed by atoms with Crippen LogP contribution in [0, 0.1) is 28.6 Å². The molecule has 3 nitrogen and oxygen atoms in total. The molecular formula is C19H33NO2. The third kappa shape index (κ3) is 4.70. The van der Waals surface area contributed by atoms with Gasteiger partial charge in [0.1, 0.15) is 5.41 Å². The molecule has 0 aromatic carbocycles. The first-order valence-electron chi connectivity index (χ1n) is 9.37. The summed E-state index contributed by atoms with van der Waals surface area (Å²) in [5.74, 6) is 1.46. The molecule has 0 spiro atoms. The van der Waals surface area contributed by atoms with Crippen LogP contribution in [0.1, 0.15) is 78.1 Å². The first-order valence-corrected chi connectivity index (χ1v) is 9.37. The Balaban J connectivity index is 1.74. The fourth-order valence-corrected chi connectivity index (χ4v) is 3.87. The van der Waals surface area contributed by atoms with Crippen molar-refractivity contribution in [2.24, 2.45) is 17.3 Å². The van der Waals surface area contributed by atoms with Crippen molar-refractivity contribution >= 4 is 0 Å². The minimum absolute atomic E-state index is 0.0600. The molecule has 1 saturated carbocycles. The predicted molar refractivity (Wildman–Crippen MR) is 88.2 cm³/mol. The maximum Gasteiger partial charge on any atom is 0.160 e. The Hall–Kier alpha value is -0.590. The molecular weight excluding hydrogens is 274 g/mol. The Bertz CT molecular complexity index is 347. The molecule has 1 heterocycles. The van der Waals surface area contributed by atoms with Crippen molar-refractivity contribution in [2.75, 3.05) is 13.2 Å². The maximum atomic E-state index is 9.47. The van der Waals surface area contributed by atoms with Crippen LogP contribution in [0.5, 0.6) is 0 Å². The first kappa shape index (κ1) is 17.8. The van der Waals surface area contributed by atoms with Gasteiger partial charge in [-0.3, -0.25) is 0 Å². The monoisotopic (exact) mass is 307 g/mol. The summed E-state index contributed by atoms with van der Waals surface area (Å²) in [7, 11) is 0. The van der Waals surface area contributed by atoms with E-state index in [4.69, 9.17) is 9.47 Å². The Morgan fingerprint density at radius 3 is 2.18 bits per heavy atom. The zero-order valence-electron chi connectivity index (χ0n) is 14.5. The highest BCUT2D eigenvalue weighted by atomic mass is 16.7. The second kappa shape index (κ2) is 8.89. The fraction of sp³-hybridized carbons (Fsp3) is 0.947. The van der Waals surface area contributed by atoms with E-state index in [1.54, 1.807) is 0 Å². The molecule has 3 heteroatoms. The van der Waals surface area contributed by atoms with Crippen molar-refractivity contribution < 1.29 is 9.47 Å². The van der Waals surface area contributed by atoms with Crippen molar-refractivity contribution in [3.8, 4) is 6.07 Å². The number of rotatable bonds is 7. The second-order valence-corrected chi connectivity index (χ2v) is 7.41. The molecule has 0 amide bonds. The normalized spacial score (nSPS) is 36.0. The molecule has 0 unspecified atom stereocenters. The average molecular weight is 307 g/mol. The average Bonchev–Trinajstić information content (AvgIpc) is 2.59. The lowest BCUT2D eigenvalue weighted by Crippen LogP contribution is -2.44. The van der Waals surface area contributed by atoms with Crippen molar-refractivity contribution in [2.45, 2.75) is 84.3 Å². The molecule has 0 radical (unpaired) electrons. The van der Waals surface area contributed by atoms with E-state index >= 15 is 0 Å². The van der Waals surface area contributed by atoms with E-state index < -0.39 is 5.41 Å². The SMILES string of the molecule is CCCC[C@H]1CC[C@H]([C@H]2OC[C@](C#N)(CCCC)CO2)CC1. The van der Waals surface area contributed by atoms with E-state index in [-0.39, 0.29) is 6.29 Å². The van der Waals surface area contributed by atoms with Crippen LogP contribution in [0.4, 0.5) is 0 Å². The van der Waals surface area contributed by atoms with Crippen LogP contribution in [0.15, 0.2) is 0 Å². The minimum atomic E-state index is -0.398. The molecule has 1 aliphatic heterocycles. The van der Waals surface area contributed by atoms with Crippen molar-refractivity contribution in [3.63, 3.8) is 0 Å². The van der Waals surface area contributed by atoms with Crippen LogP contribution in [0.3, 0.4) is 0 Å². The van der Waals surface area contributed by atoms with E-state index in [1.807, 2.05) is 0 Å². The summed E-state index contributed by atoms with van der Waals surface area (Å²) in [6.07, 6.45) is 12.2. The number of hydrogen-bond donors (Lipinski definition) is 0. The van der Waals surface area contributed by atoms with Gasteiger partial charge in [-0.25, -0.2) is 0 Å². The zero-order valence-corrected chi connectivity index (χ0v) is 14.5. The summed E-state index contributed by atoms with van der Waals surface area (Å²) in [6.45, 7) is 5.55. The summed E-state index contributed by atoms with van der Waals surface area (Å²) in [4.78, 5) is 0. The molecule has 0 atom stereocenters. The van der Waals surface area contributed by atoms with Crippen LogP contribution in [0.25, 0.3) is 0 Å². The van der Waals surface area contributed by atoms with Gasteiger partial charge in [-0.15, -0.1) is 0 Å². The number of unbranched alkanes of at least 4 members (excludes halogenated alkanes) is 2. The molecule has 0 aromatic rings. The number of nitrogens with zero attached hydrogens (tertiary/aromatic N) is 1. The molecule has 0 N–H and O–H groups in total. The molecule has 22 heavy (non-hydrogen) atoms. The van der Waals surface area contributed by atoms with Gasteiger partial charge in [-0.05, 0) is 38.0 Å². The standard InChI is InChI=1S/C19H33NO2/c1-3-5-7-16-8-10-17(11-9-16)18-21-14-19(13-20,15-22-18)12-6-4-2/h16-18H,3-12,14-15H2,1-2H3/t16-,17-,18-,19+. The molecule has 2 aliphatic rings. The van der Waals surface area contributed by atoms with Crippen LogP contribution in [0.2, 0.25) is 0 Å². The summed E-state index contributed by atoms with van der Waals surface area (Å²) in [6, 6.07) is 2.46. The number of hydrogen-bond acceptors (Lipinski definition) is 3. The molecule has 1 aliphatic carbocycles. The first-order chi connectivity index (χ1) is 10.7. The van der Waals surface area contributed by atoms with Gasteiger partial charge < -0.3 is 9.47 Å². The summed E-state index contributed by atoms with van der Waals surface area (Å²) in [5, 5.41) is 9.47. The van der Waals surface area contributed by atoms with Gasteiger partial charge in [0.2, 0.25) is 0 Å². The van der Waals surface area contributed by atoms with E-state index in [1.165, 1.54) is 44.9 Å². The highest BCUT2D eigenvalue weighted by Gasteiger charge is 2.40. The molecule has 2 fully saturated rings. The number of nitriles is 1. The highest BCUT2D eigenvalue weighted by Crippen LogP contribution is 2.38. The number of ether oxygens (including phenoxy) is 2.